The highest BCUT2D eigenvalue weighted by molar-refractivity contribution is 6.45. The number of nitrogens with one attached hydrogen (secondary N) is 1. The van der Waals surface area contributed by atoms with Gasteiger partial charge in [0, 0.05) is 12.1 Å². The van der Waals surface area contributed by atoms with E-state index in [1.165, 1.54) is 0 Å². The van der Waals surface area contributed by atoms with Crippen LogP contribution in [-0.4, -0.2) is 30.1 Å². The highest BCUT2D eigenvalue weighted by atomic mass is 35.5. The Morgan fingerprint density at radius 1 is 1.77 bits per heavy atom. The second kappa shape index (κ2) is 2.77. The van der Waals surface area contributed by atoms with E-state index in [4.69, 9.17) is 19.4 Å². The second-order valence-corrected chi connectivity index (χ2v) is 3.43. The summed E-state index contributed by atoms with van der Waals surface area (Å²) in [4.78, 5) is 11.4. The van der Waals surface area contributed by atoms with Crippen LogP contribution in [0.15, 0.2) is 0 Å². The van der Waals surface area contributed by atoms with Crippen LogP contribution in [0, 0.1) is 0 Å². The lowest BCUT2D eigenvalue weighted by molar-refractivity contribution is 0.0913. The van der Waals surface area contributed by atoms with Gasteiger partial charge in [0.2, 0.25) is 0 Å². The van der Waals surface area contributed by atoms with Crippen molar-refractivity contribution in [3.05, 3.63) is 10.7 Å². The van der Waals surface area contributed by atoms with Gasteiger partial charge in [-0.1, -0.05) is 11.6 Å². The number of rotatable bonds is 0. The topological polar surface area (TPSA) is 46.9 Å². The summed E-state index contributed by atoms with van der Waals surface area (Å²) < 4.78 is 1.57. The van der Waals surface area contributed by atoms with Gasteiger partial charge in [-0.25, -0.2) is 0 Å². The molecule has 6 heteroatoms. The molecular weight excluding hydrogens is 188 g/mol. The summed E-state index contributed by atoms with van der Waals surface area (Å²) in [6, 6.07) is 0.0995. The first-order chi connectivity index (χ1) is 6.11. The monoisotopic (exact) mass is 195 g/mol. The lowest BCUT2D eigenvalue weighted by Crippen LogP contribution is -2.38. The van der Waals surface area contributed by atoms with Crippen molar-refractivity contribution >= 4 is 30.9 Å². The number of hydrogen-bond donors (Lipinski definition) is 1. The van der Waals surface area contributed by atoms with E-state index in [0.29, 0.717) is 12.2 Å². The Kier molecular flexibility index (Phi) is 1.84. The van der Waals surface area contributed by atoms with Crippen molar-refractivity contribution in [3.8, 4) is 0 Å². The van der Waals surface area contributed by atoms with E-state index in [0.717, 1.165) is 0 Å². The Morgan fingerprint density at radius 3 is 3.08 bits per heavy atom. The van der Waals surface area contributed by atoms with Crippen LogP contribution in [-0.2, 0) is 0 Å². The SMILES string of the molecule is [B]c1nn2c(c1Cl)C(=O)NC[C@H]2C. The molecule has 1 aromatic heterocycles. The predicted molar refractivity (Wildman–Crippen MR) is 49.7 cm³/mol. The minimum atomic E-state index is -0.215. The maximum atomic E-state index is 11.4. The number of carbonyl (C=O) groups is 1. The van der Waals surface area contributed by atoms with E-state index in [-0.39, 0.29) is 22.6 Å². The number of aromatic nitrogens is 2. The Hall–Kier alpha value is -0.965. The molecule has 1 aliphatic rings. The zero-order valence-electron chi connectivity index (χ0n) is 7.04. The van der Waals surface area contributed by atoms with E-state index < -0.39 is 0 Å². The Balaban J connectivity index is 2.63. The molecule has 13 heavy (non-hydrogen) atoms. The molecule has 0 saturated heterocycles. The maximum Gasteiger partial charge on any atom is 0.271 e. The highest BCUT2D eigenvalue weighted by Gasteiger charge is 2.27. The van der Waals surface area contributed by atoms with Gasteiger partial charge in [-0.2, -0.15) is 5.10 Å². The van der Waals surface area contributed by atoms with Crippen molar-refractivity contribution in [3.63, 3.8) is 0 Å². The van der Waals surface area contributed by atoms with Crippen LogP contribution < -0.4 is 10.9 Å². The van der Waals surface area contributed by atoms with Crippen LogP contribution in [0.4, 0.5) is 0 Å². The number of fused-ring (bicyclic) bond motifs is 1. The molecule has 0 aromatic carbocycles. The van der Waals surface area contributed by atoms with Crippen LogP contribution in [0.3, 0.4) is 0 Å². The predicted octanol–water partition coefficient (Wildman–Crippen LogP) is -0.365. The fourth-order valence-corrected chi connectivity index (χ4v) is 1.58. The normalized spacial score (nSPS) is 21.1. The number of amides is 1. The highest BCUT2D eigenvalue weighted by Crippen LogP contribution is 2.19. The summed E-state index contributed by atoms with van der Waals surface area (Å²) in [5.74, 6) is -0.215. The first-order valence-corrected chi connectivity index (χ1v) is 4.30. The summed E-state index contributed by atoms with van der Waals surface area (Å²) >= 11 is 5.82. The van der Waals surface area contributed by atoms with Gasteiger partial charge in [0.25, 0.3) is 5.91 Å². The van der Waals surface area contributed by atoms with Crippen LogP contribution in [0.2, 0.25) is 5.02 Å². The zero-order chi connectivity index (χ0) is 9.59. The number of carbonyl (C=O) groups excluding carboxylic acids is 1. The van der Waals surface area contributed by atoms with Crippen LogP contribution in [0.5, 0.6) is 0 Å². The minimum absolute atomic E-state index is 0.0995. The van der Waals surface area contributed by atoms with Crippen molar-refractivity contribution in [1.82, 2.24) is 15.1 Å². The molecule has 2 heterocycles. The van der Waals surface area contributed by atoms with E-state index in [1.54, 1.807) is 4.68 Å². The molecule has 0 aliphatic carbocycles. The summed E-state index contributed by atoms with van der Waals surface area (Å²) in [7, 11) is 5.50. The molecule has 0 unspecified atom stereocenters. The van der Waals surface area contributed by atoms with Gasteiger partial charge in [0.15, 0.2) is 0 Å². The standard InChI is InChI=1S/C7H7BClN3O/c1-3-2-10-7(13)5-4(9)6(8)11-12(3)5/h3H,2H2,1H3,(H,10,13)/t3-/m1/s1. The summed E-state index contributed by atoms with van der Waals surface area (Å²) in [5.41, 5.74) is 0.568. The first kappa shape index (κ1) is 8.63. The van der Waals surface area contributed by atoms with Crippen molar-refractivity contribution < 1.29 is 4.79 Å². The van der Waals surface area contributed by atoms with Crippen molar-refractivity contribution in [1.29, 1.82) is 0 Å². The summed E-state index contributed by atoms with van der Waals surface area (Å²) in [6.07, 6.45) is 0. The molecule has 2 radical (unpaired) electrons. The summed E-state index contributed by atoms with van der Waals surface area (Å²) in [5, 5.41) is 6.93. The van der Waals surface area contributed by atoms with E-state index >= 15 is 0 Å². The second-order valence-electron chi connectivity index (χ2n) is 3.05. The molecule has 1 aliphatic heterocycles. The molecule has 0 saturated carbocycles. The fraction of sp³-hybridized carbons (Fsp3) is 0.429. The van der Waals surface area contributed by atoms with Crippen molar-refractivity contribution in [2.45, 2.75) is 13.0 Å². The van der Waals surface area contributed by atoms with Gasteiger partial charge in [-0.15, -0.1) is 0 Å². The Bertz CT molecular complexity index is 376. The average molecular weight is 195 g/mol. The fourth-order valence-electron chi connectivity index (χ4n) is 1.37. The molecule has 1 atom stereocenters. The molecule has 1 amide bonds. The Morgan fingerprint density at radius 2 is 2.46 bits per heavy atom. The molecule has 1 aromatic rings. The molecule has 0 bridgehead atoms. The lowest BCUT2D eigenvalue weighted by atomic mass is 10.0. The van der Waals surface area contributed by atoms with Gasteiger partial charge >= 0.3 is 0 Å². The lowest BCUT2D eigenvalue weighted by Gasteiger charge is -2.21. The number of halogens is 1. The third-order valence-corrected chi connectivity index (χ3v) is 2.44. The average Bonchev–Trinajstić information content (AvgIpc) is 2.38. The van der Waals surface area contributed by atoms with E-state index in [9.17, 15) is 4.79 Å². The molecule has 1 N–H and O–H groups in total. The van der Waals surface area contributed by atoms with Crippen LogP contribution in [0.25, 0.3) is 0 Å². The van der Waals surface area contributed by atoms with E-state index in [2.05, 4.69) is 10.4 Å². The van der Waals surface area contributed by atoms with Gasteiger partial charge in [-0.3, -0.25) is 9.48 Å². The molecule has 2 rings (SSSR count). The number of nitrogens with zero attached hydrogens (tertiary/aromatic N) is 2. The molecule has 66 valence electrons. The molecule has 4 nitrogen and oxygen atoms in total. The molecule has 0 fully saturated rings. The first-order valence-electron chi connectivity index (χ1n) is 3.93. The van der Waals surface area contributed by atoms with Crippen LogP contribution in [0.1, 0.15) is 23.5 Å². The maximum absolute atomic E-state index is 11.4. The third kappa shape index (κ3) is 1.15. The quantitative estimate of drug-likeness (QED) is 0.575. The van der Waals surface area contributed by atoms with Crippen LogP contribution >= 0.6 is 11.6 Å². The van der Waals surface area contributed by atoms with E-state index in [1.807, 2.05) is 6.92 Å². The number of hydrogen-bond acceptors (Lipinski definition) is 2. The smallest absolute Gasteiger partial charge is 0.271 e. The third-order valence-electron chi connectivity index (χ3n) is 2.07. The molecule has 0 spiro atoms. The minimum Gasteiger partial charge on any atom is -0.349 e. The van der Waals surface area contributed by atoms with Gasteiger partial charge in [0.05, 0.1) is 11.1 Å². The molecular formula is C7H7BClN3O. The van der Waals surface area contributed by atoms with Gasteiger partial charge in [-0.05, 0) is 6.92 Å². The van der Waals surface area contributed by atoms with Crippen molar-refractivity contribution in [2.24, 2.45) is 0 Å². The van der Waals surface area contributed by atoms with Gasteiger partial charge in [0.1, 0.15) is 13.5 Å². The largest absolute Gasteiger partial charge is 0.349 e. The van der Waals surface area contributed by atoms with Crippen molar-refractivity contribution in [2.75, 3.05) is 6.54 Å². The zero-order valence-corrected chi connectivity index (χ0v) is 7.80. The summed E-state index contributed by atoms with van der Waals surface area (Å²) in [6.45, 7) is 2.50. The van der Waals surface area contributed by atoms with Gasteiger partial charge < -0.3 is 5.32 Å². The Labute approximate surface area is 81.7 Å².